The molecule has 2 N–H and O–H groups in total. The van der Waals surface area contributed by atoms with Gasteiger partial charge in [-0.15, -0.1) is 0 Å². The quantitative estimate of drug-likeness (QED) is 0.767. The van der Waals surface area contributed by atoms with Crippen LogP contribution >= 0.6 is 0 Å². The van der Waals surface area contributed by atoms with E-state index in [1.807, 2.05) is 37.3 Å². The molecule has 112 valence electrons. The van der Waals surface area contributed by atoms with Crippen LogP contribution in [0.15, 0.2) is 30.3 Å². The van der Waals surface area contributed by atoms with Crippen LogP contribution in [0.25, 0.3) is 0 Å². The van der Waals surface area contributed by atoms with Gasteiger partial charge in [0.15, 0.2) is 0 Å². The summed E-state index contributed by atoms with van der Waals surface area (Å²) in [5.74, 6) is 0.478. The second kappa shape index (κ2) is 8.75. The van der Waals surface area contributed by atoms with Crippen molar-refractivity contribution in [3.05, 3.63) is 35.9 Å². The Labute approximate surface area is 122 Å². The van der Waals surface area contributed by atoms with Gasteiger partial charge in [-0.3, -0.25) is 4.79 Å². The normalized spacial score (nSPS) is 14.1. The zero-order valence-corrected chi connectivity index (χ0v) is 12.8. The van der Waals surface area contributed by atoms with Crippen LogP contribution in [-0.4, -0.2) is 23.2 Å². The summed E-state index contributed by atoms with van der Waals surface area (Å²) in [6.45, 7) is 6.07. The summed E-state index contributed by atoms with van der Waals surface area (Å²) in [6, 6.07) is 9.62. The number of hydrogen-bond acceptors (Lipinski definition) is 2. The molecule has 0 heterocycles. The molecule has 0 aliphatic heterocycles. The molecule has 0 aliphatic carbocycles. The Bertz CT molecular complexity index is 387. The van der Waals surface area contributed by atoms with Gasteiger partial charge in [0.1, 0.15) is 0 Å². The first-order chi connectivity index (χ1) is 9.56. The molecular formula is C17H27NO2. The van der Waals surface area contributed by atoms with Crippen LogP contribution in [0, 0.1) is 5.92 Å². The first-order valence-electron chi connectivity index (χ1n) is 7.58. The zero-order valence-electron chi connectivity index (χ0n) is 12.8. The topological polar surface area (TPSA) is 49.3 Å². The molecule has 0 bridgehead atoms. The van der Waals surface area contributed by atoms with E-state index in [1.54, 1.807) is 0 Å². The Kier molecular flexibility index (Phi) is 7.31. The Morgan fingerprint density at radius 1 is 1.20 bits per heavy atom. The van der Waals surface area contributed by atoms with E-state index in [1.165, 1.54) is 0 Å². The maximum absolute atomic E-state index is 11.9. The van der Waals surface area contributed by atoms with E-state index >= 15 is 0 Å². The van der Waals surface area contributed by atoms with E-state index in [0.29, 0.717) is 18.8 Å². The minimum Gasteiger partial charge on any atom is -0.391 e. The van der Waals surface area contributed by atoms with E-state index < -0.39 is 6.10 Å². The maximum Gasteiger partial charge on any atom is 0.220 e. The standard InChI is InChI=1S/C17H27NO2/c1-4-14(5-2)12-17(20)18-13(3)16(19)11-15-9-7-6-8-10-15/h6-10,13-14,16,19H,4-5,11-12H2,1-3H3,(H,18,20). The summed E-state index contributed by atoms with van der Waals surface area (Å²) in [7, 11) is 0. The highest BCUT2D eigenvalue weighted by atomic mass is 16.3. The zero-order chi connectivity index (χ0) is 15.0. The highest BCUT2D eigenvalue weighted by molar-refractivity contribution is 5.76. The summed E-state index contributed by atoms with van der Waals surface area (Å²) in [5.41, 5.74) is 1.08. The Balaban J connectivity index is 2.41. The molecule has 0 saturated carbocycles. The number of amides is 1. The number of carbonyl (C=O) groups is 1. The molecule has 0 radical (unpaired) electrons. The van der Waals surface area contributed by atoms with Gasteiger partial charge < -0.3 is 10.4 Å². The second-order valence-corrected chi connectivity index (χ2v) is 5.50. The molecule has 1 amide bonds. The number of nitrogens with one attached hydrogen (secondary N) is 1. The van der Waals surface area contributed by atoms with Crippen LogP contribution in [0.3, 0.4) is 0 Å². The Morgan fingerprint density at radius 3 is 2.35 bits per heavy atom. The second-order valence-electron chi connectivity index (χ2n) is 5.50. The Hall–Kier alpha value is -1.35. The van der Waals surface area contributed by atoms with Crippen LogP contribution in [0.2, 0.25) is 0 Å². The van der Waals surface area contributed by atoms with Crippen molar-refractivity contribution >= 4 is 5.91 Å². The average molecular weight is 277 g/mol. The van der Waals surface area contributed by atoms with Gasteiger partial charge in [0.05, 0.1) is 12.1 Å². The van der Waals surface area contributed by atoms with Crippen LogP contribution in [0.1, 0.15) is 45.6 Å². The number of carbonyl (C=O) groups excluding carboxylic acids is 1. The van der Waals surface area contributed by atoms with Crippen molar-refractivity contribution in [2.24, 2.45) is 5.92 Å². The molecule has 20 heavy (non-hydrogen) atoms. The summed E-state index contributed by atoms with van der Waals surface area (Å²) in [6.07, 6.45) is 2.60. The number of aliphatic hydroxyl groups excluding tert-OH is 1. The van der Waals surface area contributed by atoms with Crippen molar-refractivity contribution in [1.29, 1.82) is 0 Å². The molecular weight excluding hydrogens is 250 g/mol. The summed E-state index contributed by atoms with van der Waals surface area (Å²) in [5, 5.41) is 13.1. The minimum absolute atomic E-state index is 0.0401. The lowest BCUT2D eigenvalue weighted by Gasteiger charge is -2.21. The Morgan fingerprint density at radius 2 is 1.80 bits per heavy atom. The lowest BCUT2D eigenvalue weighted by molar-refractivity contribution is -0.123. The SMILES string of the molecule is CCC(CC)CC(=O)NC(C)C(O)Cc1ccccc1. The molecule has 1 aromatic rings. The fourth-order valence-corrected chi connectivity index (χ4v) is 2.28. The van der Waals surface area contributed by atoms with Gasteiger partial charge in [-0.25, -0.2) is 0 Å². The molecule has 1 rings (SSSR count). The molecule has 1 aromatic carbocycles. The molecule has 3 heteroatoms. The molecule has 2 atom stereocenters. The third-order valence-electron chi connectivity index (χ3n) is 3.88. The van der Waals surface area contributed by atoms with Crippen molar-refractivity contribution in [2.75, 3.05) is 0 Å². The fourth-order valence-electron chi connectivity index (χ4n) is 2.28. The fraction of sp³-hybridized carbons (Fsp3) is 0.588. The van der Waals surface area contributed by atoms with Gasteiger partial charge in [0.25, 0.3) is 0 Å². The first-order valence-corrected chi connectivity index (χ1v) is 7.58. The molecule has 2 unspecified atom stereocenters. The van der Waals surface area contributed by atoms with Crippen molar-refractivity contribution in [2.45, 2.75) is 58.6 Å². The van der Waals surface area contributed by atoms with Crippen molar-refractivity contribution < 1.29 is 9.90 Å². The van der Waals surface area contributed by atoms with Gasteiger partial charge in [-0.2, -0.15) is 0 Å². The predicted molar refractivity (Wildman–Crippen MR) is 82.4 cm³/mol. The van der Waals surface area contributed by atoms with Gasteiger partial charge in [-0.05, 0) is 18.4 Å². The van der Waals surface area contributed by atoms with E-state index in [4.69, 9.17) is 0 Å². The number of rotatable bonds is 8. The lowest BCUT2D eigenvalue weighted by Crippen LogP contribution is -2.42. The molecule has 0 spiro atoms. The van der Waals surface area contributed by atoms with Crippen molar-refractivity contribution in [3.63, 3.8) is 0 Å². The monoisotopic (exact) mass is 277 g/mol. The predicted octanol–water partition coefficient (Wildman–Crippen LogP) is 2.92. The van der Waals surface area contributed by atoms with Crippen LogP contribution in [0.4, 0.5) is 0 Å². The summed E-state index contributed by atoms with van der Waals surface area (Å²) < 4.78 is 0. The number of benzene rings is 1. The molecule has 0 aliphatic rings. The van der Waals surface area contributed by atoms with E-state index in [0.717, 1.165) is 18.4 Å². The molecule has 3 nitrogen and oxygen atoms in total. The summed E-state index contributed by atoms with van der Waals surface area (Å²) in [4.78, 5) is 11.9. The highest BCUT2D eigenvalue weighted by Crippen LogP contribution is 2.12. The van der Waals surface area contributed by atoms with Crippen molar-refractivity contribution in [1.82, 2.24) is 5.32 Å². The van der Waals surface area contributed by atoms with Gasteiger partial charge >= 0.3 is 0 Å². The van der Waals surface area contributed by atoms with Crippen molar-refractivity contribution in [3.8, 4) is 0 Å². The number of aliphatic hydroxyl groups is 1. The maximum atomic E-state index is 11.9. The minimum atomic E-state index is -0.553. The number of hydrogen-bond donors (Lipinski definition) is 2. The largest absolute Gasteiger partial charge is 0.391 e. The molecule has 0 aromatic heterocycles. The van der Waals surface area contributed by atoms with E-state index in [-0.39, 0.29) is 11.9 Å². The smallest absolute Gasteiger partial charge is 0.220 e. The third kappa shape index (κ3) is 5.74. The van der Waals surface area contributed by atoms with Crippen LogP contribution in [-0.2, 0) is 11.2 Å². The lowest BCUT2D eigenvalue weighted by atomic mass is 9.98. The first kappa shape index (κ1) is 16.7. The van der Waals surface area contributed by atoms with Crippen LogP contribution < -0.4 is 5.32 Å². The van der Waals surface area contributed by atoms with Gasteiger partial charge in [-0.1, -0.05) is 57.0 Å². The van der Waals surface area contributed by atoms with E-state index in [9.17, 15) is 9.90 Å². The van der Waals surface area contributed by atoms with Gasteiger partial charge in [0, 0.05) is 12.8 Å². The molecule has 0 fully saturated rings. The molecule has 0 saturated heterocycles. The highest BCUT2D eigenvalue weighted by Gasteiger charge is 2.18. The summed E-state index contributed by atoms with van der Waals surface area (Å²) >= 11 is 0. The van der Waals surface area contributed by atoms with Gasteiger partial charge in [0.2, 0.25) is 5.91 Å². The van der Waals surface area contributed by atoms with E-state index in [2.05, 4.69) is 19.2 Å². The third-order valence-corrected chi connectivity index (χ3v) is 3.88. The average Bonchev–Trinajstić information content (AvgIpc) is 2.45. The van der Waals surface area contributed by atoms with Crippen LogP contribution in [0.5, 0.6) is 0 Å².